The molecule has 1 aromatic carbocycles. The lowest BCUT2D eigenvalue weighted by atomic mass is 10.1. The number of hydrogen-bond donors (Lipinski definition) is 1. The number of carbonyl (C=O) groups excluding carboxylic acids is 1. The molecule has 0 aliphatic heterocycles. The van der Waals surface area contributed by atoms with Crippen molar-refractivity contribution in [1.82, 2.24) is 9.97 Å². The smallest absolute Gasteiger partial charge is 0.229 e. The van der Waals surface area contributed by atoms with Gasteiger partial charge in [0.1, 0.15) is 6.61 Å². The average molecular weight is 424 g/mol. The summed E-state index contributed by atoms with van der Waals surface area (Å²) in [6.07, 6.45) is 5.94. The van der Waals surface area contributed by atoms with Crippen LogP contribution in [0.2, 0.25) is 0 Å². The van der Waals surface area contributed by atoms with Gasteiger partial charge in [-0.2, -0.15) is 0 Å². The molecular weight excluding hydrogens is 406 g/mol. The summed E-state index contributed by atoms with van der Waals surface area (Å²) in [6, 6.07) is 15.5. The van der Waals surface area contributed by atoms with E-state index in [0.29, 0.717) is 18.2 Å². The summed E-state index contributed by atoms with van der Waals surface area (Å²) in [5.41, 5.74) is 2.18. The first kappa shape index (κ1) is 17.7. The van der Waals surface area contributed by atoms with E-state index in [9.17, 15) is 4.79 Å². The summed E-state index contributed by atoms with van der Waals surface area (Å²) >= 11 is 3.48. The van der Waals surface area contributed by atoms with Crippen LogP contribution in [-0.2, 0) is 11.4 Å². The Bertz CT molecular complexity index is 949. The quantitative estimate of drug-likeness (QED) is 0.630. The van der Waals surface area contributed by atoms with E-state index in [-0.39, 0.29) is 17.7 Å². The molecule has 6 heteroatoms. The molecule has 1 fully saturated rings. The van der Waals surface area contributed by atoms with Gasteiger partial charge in [-0.1, -0.05) is 28.1 Å². The molecule has 27 heavy (non-hydrogen) atoms. The van der Waals surface area contributed by atoms with Crippen molar-refractivity contribution in [2.45, 2.75) is 18.9 Å². The highest BCUT2D eigenvalue weighted by molar-refractivity contribution is 9.10. The van der Waals surface area contributed by atoms with Crippen LogP contribution in [-0.4, -0.2) is 15.9 Å². The number of nitrogens with zero attached hydrogens (tertiary/aromatic N) is 2. The Morgan fingerprint density at radius 2 is 2.00 bits per heavy atom. The standard InChI is InChI=1S/C21H18BrN3O2/c22-16-4-1-3-15(11-16)17-12-18(17)21(26)25-20-19(5-2-8-24-20)27-13-14-6-9-23-10-7-14/h1-11,17-18H,12-13H2,(H,24,25,26). The number of aromatic nitrogens is 2. The fourth-order valence-electron chi connectivity index (χ4n) is 3.04. The van der Waals surface area contributed by atoms with Crippen molar-refractivity contribution in [3.63, 3.8) is 0 Å². The van der Waals surface area contributed by atoms with Gasteiger partial charge in [-0.15, -0.1) is 0 Å². The minimum Gasteiger partial charge on any atom is -0.485 e. The zero-order chi connectivity index (χ0) is 18.6. The maximum atomic E-state index is 12.6. The first-order valence-corrected chi connectivity index (χ1v) is 9.53. The van der Waals surface area contributed by atoms with E-state index in [0.717, 1.165) is 16.5 Å². The fourth-order valence-corrected chi connectivity index (χ4v) is 3.46. The molecule has 0 radical (unpaired) electrons. The van der Waals surface area contributed by atoms with Crippen molar-refractivity contribution >= 4 is 27.7 Å². The number of anilines is 1. The summed E-state index contributed by atoms with van der Waals surface area (Å²) in [5.74, 6) is 1.22. The van der Waals surface area contributed by atoms with Crippen LogP contribution in [0.15, 0.2) is 71.6 Å². The van der Waals surface area contributed by atoms with E-state index in [1.54, 1.807) is 24.7 Å². The molecule has 1 aliphatic rings. The van der Waals surface area contributed by atoms with Crippen LogP contribution in [0.1, 0.15) is 23.5 Å². The van der Waals surface area contributed by atoms with Crippen LogP contribution in [0.5, 0.6) is 5.75 Å². The molecule has 1 aliphatic carbocycles. The summed E-state index contributed by atoms with van der Waals surface area (Å²) in [5, 5.41) is 2.92. The van der Waals surface area contributed by atoms with Crippen LogP contribution < -0.4 is 10.1 Å². The van der Waals surface area contributed by atoms with Gasteiger partial charge in [0.2, 0.25) is 5.91 Å². The first-order valence-electron chi connectivity index (χ1n) is 8.74. The van der Waals surface area contributed by atoms with Gasteiger partial charge in [0.25, 0.3) is 0 Å². The maximum absolute atomic E-state index is 12.6. The van der Waals surface area contributed by atoms with Gasteiger partial charge in [-0.3, -0.25) is 9.78 Å². The van der Waals surface area contributed by atoms with E-state index in [1.165, 1.54) is 5.56 Å². The second-order valence-electron chi connectivity index (χ2n) is 6.49. The van der Waals surface area contributed by atoms with Crippen LogP contribution in [0.3, 0.4) is 0 Å². The number of hydrogen-bond acceptors (Lipinski definition) is 4. The molecule has 0 saturated heterocycles. The SMILES string of the molecule is O=C(Nc1ncccc1OCc1ccncc1)C1CC1c1cccc(Br)c1. The molecule has 0 bridgehead atoms. The molecule has 5 nitrogen and oxygen atoms in total. The third-order valence-electron chi connectivity index (χ3n) is 4.56. The van der Waals surface area contributed by atoms with Crippen LogP contribution in [0.25, 0.3) is 0 Å². The molecule has 0 spiro atoms. The van der Waals surface area contributed by atoms with Crippen molar-refractivity contribution < 1.29 is 9.53 Å². The first-order chi connectivity index (χ1) is 13.2. The summed E-state index contributed by atoms with van der Waals surface area (Å²) in [6.45, 7) is 0.390. The summed E-state index contributed by atoms with van der Waals surface area (Å²) in [7, 11) is 0. The third kappa shape index (κ3) is 4.34. The number of halogens is 1. The van der Waals surface area contributed by atoms with Gasteiger partial charge < -0.3 is 10.1 Å². The number of carbonyl (C=O) groups is 1. The van der Waals surface area contributed by atoms with Crippen molar-refractivity contribution in [3.05, 3.63) is 82.7 Å². The average Bonchev–Trinajstić information content (AvgIpc) is 3.49. The van der Waals surface area contributed by atoms with Gasteiger partial charge >= 0.3 is 0 Å². The number of nitrogens with one attached hydrogen (secondary N) is 1. The van der Waals surface area contributed by atoms with E-state index in [2.05, 4.69) is 43.3 Å². The summed E-state index contributed by atoms with van der Waals surface area (Å²) < 4.78 is 6.87. The Morgan fingerprint density at radius 1 is 1.15 bits per heavy atom. The topological polar surface area (TPSA) is 64.1 Å². The maximum Gasteiger partial charge on any atom is 0.229 e. The Kier molecular flexibility index (Phi) is 5.16. The highest BCUT2D eigenvalue weighted by Crippen LogP contribution is 2.48. The minimum atomic E-state index is -0.0330. The molecule has 3 aromatic rings. The zero-order valence-corrected chi connectivity index (χ0v) is 16.1. The molecule has 136 valence electrons. The third-order valence-corrected chi connectivity index (χ3v) is 5.05. The number of amides is 1. The molecule has 2 heterocycles. The predicted octanol–water partition coefficient (Wildman–Crippen LogP) is 4.56. The second-order valence-corrected chi connectivity index (χ2v) is 7.40. The fraction of sp³-hybridized carbons (Fsp3) is 0.190. The van der Waals surface area contributed by atoms with E-state index in [1.807, 2.05) is 30.3 Å². The molecule has 1 amide bonds. The number of ether oxygens (including phenoxy) is 1. The Labute approximate surface area is 165 Å². The Balaban J connectivity index is 1.40. The van der Waals surface area contributed by atoms with E-state index in [4.69, 9.17) is 4.74 Å². The van der Waals surface area contributed by atoms with E-state index >= 15 is 0 Å². The van der Waals surface area contributed by atoms with Crippen molar-refractivity contribution in [2.24, 2.45) is 5.92 Å². The van der Waals surface area contributed by atoms with Gasteiger partial charge in [-0.05, 0) is 59.9 Å². The zero-order valence-electron chi connectivity index (χ0n) is 14.5. The van der Waals surface area contributed by atoms with Gasteiger partial charge in [0, 0.05) is 29.0 Å². The van der Waals surface area contributed by atoms with Gasteiger partial charge in [0.15, 0.2) is 11.6 Å². The van der Waals surface area contributed by atoms with Crippen LogP contribution >= 0.6 is 15.9 Å². The number of rotatable bonds is 6. The lowest BCUT2D eigenvalue weighted by Gasteiger charge is -2.11. The minimum absolute atomic E-state index is 0.0209. The van der Waals surface area contributed by atoms with Gasteiger partial charge in [-0.25, -0.2) is 4.98 Å². The molecule has 4 rings (SSSR count). The second kappa shape index (κ2) is 7.88. The van der Waals surface area contributed by atoms with Crippen LogP contribution in [0, 0.1) is 5.92 Å². The lowest BCUT2D eigenvalue weighted by Crippen LogP contribution is -2.16. The van der Waals surface area contributed by atoms with Gasteiger partial charge in [0.05, 0.1) is 0 Å². The molecule has 1 saturated carbocycles. The molecular formula is C21H18BrN3O2. The monoisotopic (exact) mass is 423 g/mol. The number of benzene rings is 1. The Morgan fingerprint density at radius 3 is 2.81 bits per heavy atom. The highest BCUT2D eigenvalue weighted by atomic mass is 79.9. The molecule has 2 unspecified atom stereocenters. The molecule has 1 N–H and O–H groups in total. The molecule has 2 atom stereocenters. The summed E-state index contributed by atoms with van der Waals surface area (Å²) in [4.78, 5) is 20.9. The Hall–Kier alpha value is -2.73. The van der Waals surface area contributed by atoms with Crippen molar-refractivity contribution in [1.29, 1.82) is 0 Å². The molecule has 2 aromatic heterocycles. The predicted molar refractivity (Wildman–Crippen MR) is 106 cm³/mol. The van der Waals surface area contributed by atoms with Crippen molar-refractivity contribution in [3.8, 4) is 5.75 Å². The number of pyridine rings is 2. The lowest BCUT2D eigenvalue weighted by molar-refractivity contribution is -0.117. The van der Waals surface area contributed by atoms with Crippen LogP contribution in [0.4, 0.5) is 5.82 Å². The highest BCUT2D eigenvalue weighted by Gasteiger charge is 2.44. The normalized spacial score (nSPS) is 18.0. The van der Waals surface area contributed by atoms with Crippen molar-refractivity contribution in [2.75, 3.05) is 5.32 Å². The largest absolute Gasteiger partial charge is 0.485 e. The van der Waals surface area contributed by atoms with E-state index < -0.39 is 0 Å².